The number of halogens is 3. The SMILES string of the molecule is CCCC1(C(=O)OC)Cc2ccc(Br)cc2C1.COC(=O)C1Cc2ccc(Br)cc2C1.COC(=O)CCBr.O=C=O. The van der Waals surface area contributed by atoms with Crippen LogP contribution >= 0.6 is 47.8 Å². The second-order valence-electron chi connectivity index (χ2n) is 9.43. The van der Waals surface area contributed by atoms with Gasteiger partial charge in [0, 0.05) is 14.3 Å². The van der Waals surface area contributed by atoms with Crippen molar-refractivity contribution >= 4 is 71.8 Å². The largest absolute Gasteiger partial charge is 0.469 e. The lowest BCUT2D eigenvalue weighted by atomic mass is 9.80. The lowest BCUT2D eigenvalue weighted by molar-refractivity contribution is -0.191. The fraction of sp³-hybridized carbons (Fsp3) is 0.467. The van der Waals surface area contributed by atoms with Crippen LogP contribution in [0.15, 0.2) is 45.3 Å². The Labute approximate surface area is 266 Å². The van der Waals surface area contributed by atoms with E-state index in [-0.39, 0.29) is 35.4 Å². The Morgan fingerprint density at radius 2 is 1.39 bits per heavy atom. The standard InChI is InChI=1S/C14H17BrO2.C11H11BrO2.C4H7BrO2.CO2/c1-3-6-14(13(16)17-2)8-10-4-5-12(15)7-11(10)9-14;1-14-11(13)9-4-7-2-3-10(12)6-8(7)5-9;1-7-4(6)2-3-5;2-1-3/h4-5,7H,3,6,8-9H2,1-2H3;2-3,6,9H,4-5H2,1H3;2-3H2,1H3;. The van der Waals surface area contributed by atoms with Crippen molar-refractivity contribution in [2.45, 2.75) is 51.9 Å². The zero-order chi connectivity index (χ0) is 31.0. The van der Waals surface area contributed by atoms with Gasteiger partial charge in [-0.15, -0.1) is 0 Å². The fourth-order valence-electron chi connectivity index (χ4n) is 4.94. The van der Waals surface area contributed by atoms with E-state index in [1.54, 1.807) is 0 Å². The molecule has 0 spiro atoms. The van der Waals surface area contributed by atoms with Gasteiger partial charge in [-0.05, 0) is 78.6 Å². The first-order chi connectivity index (χ1) is 19.5. The third-order valence-corrected chi connectivity index (χ3v) is 8.12. The number of rotatable bonds is 6. The maximum Gasteiger partial charge on any atom is 0.373 e. The Balaban J connectivity index is 0.000000315. The first kappa shape index (κ1) is 36.7. The van der Waals surface area contributed by atoms with Gasteiger partial charge in [-0.1, -0.05) is 73.3 Å². The van der Waals surface area contributed by atoms with Crippen molar-refractivity contribution in [2.75, 3.05) is 26.7 Å². The number of fused-ring (bicyclic) bond motifs is 2. The summed E-state index contributed by atoms with van der Waals surface area (Å²) in [6.45, 7) is 2.11. The van der Waals surface area contributed by atoms with Crippen molar-refractivity contribution in [1.29, 1.82) is 0 Å². The number of benzene rings is 2. The average Bonchev–Trinajstić information content (AvgIpc) is 3.54. The molecule has 0 heterocycles. The highest BCUT2D eigenvalue weighted by atomic mass is 79.9. The van der Waals surface area contributed by atoms with Crippen LogP contribution < -0.4 is 0 Å². The number of methoxy groups -OCH3 is 3. The van der Waals surface area contributed by atoms with Gasteiger partial charge >= 0.3 is 24.1 Å². The van der Waals surface area contributed by atoms with E-state index in [0.29, 0.717) is 11.8 Å². The number of carbonyl (C=O) groups excluding carboxylic acids is 5. The fourth-order valence-corrected chi connectivity index (χ4v) is 6.08. The number of hydrogen-bond acceptors (Lipinski definition) is 8. The van der Waals surface area contributed by atoms with Crippen LogP contribution in [0.25, 0.3) is 0 Å². The Kier molecular flexibility index (Phi) is 17.0. The van der Waals surface area contributed by atoms with Crippen LogP contribution in [0.5, 0.6) is 0 Å². The molecule has 0 aromatic heterocycles. The maximum atomic E-state index is 12.0. The lowest BCUT2D eigenvalue weighted by Crippen LogP contribution is -2.33. The molecule has 0 radical (unpaired) electrons. The first-order valence-electron chi connectivity index (χ1n) is 12.9. The lowest BCUT2D eigenvalue weighted by Gasteiger charge is -2.25. The third-order valence-electron chi connectivity index (χ3n) is 6.73. The summed E-state index contributed by atoms with van der Waals surface area (Å²) in [5.74, 6) is -0.315. The van der Waals surface area contributed by atoms with Crippen LogP contribution in [0.3, 0.4) is 0 Å². The molecule has 2 aromatic rings. The Morgan fingerprint density at radius 1 is 0.854 bits per heavy atom. The smallest absolute Gasteiger partial charge is 0.373 e. The number of carbonyl (C=O) groups is 3. The molecular formula is C30H35Br3O8. The van der Waals surface area contributed by atoms with Gasteiger partial charge in [0.25, 0.3) is 0 Å². The van der Waals surface area contributed by atoms with E-state index in [2.05, 4.69) is 83.7 Å². The van der Waals surface area contributed by atoms with Crippen molar-refractivity contribution in [3.05, 3.63) is 67.6 Å². The van der Waals surface area contributed by atoms with Crippen molar-refractivity contribution in [3.8, 4) is 0 Å². The van der Waals surface area contributed by atoms with E-state index < -0.39 is 0 Å². The van der Waals surface area contributed by atoms with E-state index >= 15 is 0 Å². The number of alkyl halides is 1. The molecule has 0 N–H and O–H groups in total. The van der Waals surface area contributed by atoms with E-state index in [1.807, 2.05) is 12.1 Å². The number of hydrogen-bond donors (Lipinski definition) is 0. The molecule has 0 saturated carbocycles. The summed E-state index contributed by atoms with van der Waals surface area (Å²) in [5.41, 5.74) is 4.76. The van der Waals surface area contributed by atoms with Crippen molar-refractivity contribution in [1.82, 2.24) is 0 Å². The Bertz CT molecular complexity index is 1210. The minimum absolute atomic E-state index is 0.0179. The first-order valence-corrected chi connectivity index (χ1v) is 15.6. The van der Waals surface area contributed by atoms with Crippen LogP contribution in [0.1, 0.15) is 48.4 Å². The van der Waals surface area contributed by atoms with Gasteiger partial charge in [-0.3, -0.25) is 14.4 Å². The van der Waals surface area contributed by atoms with Crippen LogP contribution in [0, 0.1) is 11.3 Å². The van der Waals surface area contributed by atoms with Gasteiger partial charge in [0.2, 0.25) is 0 Å². The highest BCUT2D eigenvalue weighted by molar-refractivity contribution is 9.10. The Morgan fingerprint density at radius 3 is 1.88 bits per heavy atom. The molecular weight excluding hydrogens is 728 g/mol. The quantitative estimate of drug-likeness (QED) is 0.194. The second kappa shape index (κ2) is 19.0. The summed E-state index contributed by atoms with van der Waals surface area (Å²) in [7, 11) is 4.31. The third kappa shape index (κ3) is 11.5. The van der Waals surface area contributed by atoms with Gasteiger partial charge in [-0.2, -0.15) is 9.59 Å². The summed E-state index contributed by atoms with van der Waals surface area (Å²) >= 11 is 9.99. The van der Waals surface area contributed by atoms with E-state index in [9.17, 15) is 14.4 Å². The van der Waals surface area contributed by atoms with Gasteiger partial charge in [-0.25, -0.2) is 0 Å². The van der Waals surface area contributed by atoms with E-state index in [1.165, 1.54) is 43.6 Å². The van der Waals surface area contributed by atoms with E-state index in [4.69, 9.17) is 19.1 Å². The topological polar surface area (TPSA) is 113 Å². The molecule has 8 nitrogen and oxygen atoms in total. The molecule has 0 amide bonds. The predicted octanol–water partition coefficient (Wildman–Crippen LogP) is 6.21. The monoisotopic (exact) mass is 760 g/mol. The van der Waals surface area contributed by atoms with Crippen LogP contribution in [-0.2, 0) is 63.9 Å². The molecule has 2 aliphatic carbocycles. The molecule has 2 atom stereocenters. The van der Waals surface area contributed by atoms with E-state index in [0.717, 1.165) is 47.5 Å². The molecule has 11 heteroatoms. The van der Waals surface area contributed by atoms with Gasteiger partial charge in [0.1, 0.15) is 0 Å². The highest BCUT2D eigenvalue weighted by Gasteiger charge is 2.44. The predicted molar refractivity (Wildman–Crippen MR) is 163 cm³/mol. The Hall–Kier alpha value is -2.33. The normalized spacial score (nSPS) is 17.4. The molecule has 0 aliphatic heterocycles. The maximum absolute atomic E-state index is 12.0. The van der Waals surface area contributed by atoms with Crippen LogP contribution in [0.2, 0.25) is 0 Å². The average molecular weight is 763 g/mol. The molecule has 2 aromatic carbocycles. The summed E-state index contributed by atoms with van der Waals surface area (Å²) in [4.78, 5) is 49.8. The summed E-state index contributed by atoms with van der Waals surface area (Å²) in [5, 5.41) is 0.680. The molecule has 224 valence electrons. The van der Waals surface area contributed by atoms with Gasteiger partial charge in [0.15, 0.2) is 0 Å². The molecule has 0 bridgehead atoms. The van der Waals surface area contributed by atoms with Gasteiger partial charge in [0.05, 0.1) is 39.1 Å². The van der Waals surface area contributed by atoms with Crippen LogP contribution in [-0.4, -0.2) is 50.7 Å². The zero-order valence-electron chi connectivity index (χ0n) is 23.6. The molecule has 0 saturated heterocycles. The summed E-state index contributed by atoms with van der Waals surface area (Å²) < 4.78 is 16.2. The minimum Gasteiger partial charge on any atom is -0.469 e. The minimum atomic E-state index is -0.327. The summed E-state index contributed by atoms with van der Waals surface area (Å²) in [6.07, 6.45) is 5.85. The summed E-state index contributed by atoms with van der Waals surface area (Å²) in [6, 6.07) is 12.4. The number of ether oxygens (including phenoxy) is 3. The molecule has 2 unspecified atom stereocenters. The van der Waals surface area contributed by atoms with Crippen molar-refractivity contribution < 1.29 is 38.2 Å². The zero-order valence-corrected chi connectivity index (χ0v) is 28.4. The number of esters is 3. The molecule has 41 heavy (non-hydrogen) atoms. The van der Waals surface area contributed by atoms with Gasteiger partial charge < -0.3 is 14.2 Å². The van der Waals surface area contributed by atoms with Crippen molar-refractivity contribution in [2.24, 2.45) is 11.3 Å². The molecule has 2 aliphatic rings. The van der Waals surface area contributed by atoms with Crippen molar-refractivity contribution in [3.63, 3.8) is 0 Å². The highest BCUT2D eigenvalue weighted by Crippen LogP contribution is 2.42. The second-order valence-corrected chi connectivity index (χ2v) is 12.1. The van der Waals surface area contributed by atoms with Crippen LogP contribution in [0.4, 0.5) is 0 Å². The molecule has 4 rings (SSSR count). The molecule has 0 fully saturated rings.